The highest BCUT2D eigenvalue weighted by molar-refractivity contribution is 7.07. The Bertz CT molecular complexity index is 462. The van der Waals surface area contributed by atoms with Crippen molar-refractivity contribution in [1.29, 1.82) is 0 Å². The molecule has 96 valence electrons. The van der Waals surface area contributed by atoms with Gasteiger partial charge in [-0.25, -0.2) is 0 Å². The molecule has 1 aromatic heterocycles. The van der Waals surface area contributed by atoms with Crippen LogP contribution in [-0.4, -0.2) is 0 Å². The summed E-state index contributed by atoms with van der Waals surface area (Å²) in [6.45, 7) is 5.38. The van der Waals surface area contributed by atoms with Crippen LogP contribution in [0.2, 0.25) is 5.02 Å². The predicted octanol–water partition coefficient (Wildman–Crippen LogP) is 4.89. The molecule has 0 fully saturated rings. The molecule has 1 nitrogen and oxygen atoms in total. The molecule has 3 heteroatoms. The van der Waals surface area contributed by atoms with Crippen molar-refractivity contribution in [2.45, 2.75) is 26.4 Å². The van der Waals surface area contributed by atoms with Crippen molar-refractivity contribution in [2.24, 2.45) is 5.92 Å². The van der Waals surface area contributed by atoms with Gasteiger partial charge in [0.2, 0.25) is 0 Å². The second-order valence-corrected chi connectivity index (χ2v) is 6.00. The molecule has 0 saturated heterocycles. The lowest BCUT2D eigenvalue weighted by atomic mass is 9.96. The fourth-order valence-corrected chi connectivity index (χ4v) is 2.82. The van der Waals surface area contributed by atoms with Gasteiger partial charge in [-0.05, 0) is 46.0 Å². The first-order valence-corrected chi connectivity index (χ1v) is 7.49. The van der Waals surface area contributed by atoms with Crippen molar-refractivity contribution in [3.63, 3.8) is 0 Å². The van der Waals surface area contributed by atoms with Crippen LogP contribution in [0.3, 0.4) is 0 Å². The van der Waals surface area contributed by atoms with Crippen molar-refractivity contribution in [1.82, 2.24) is 5.32 Å². The van der Waals surface area contributed by atoms with E-state index in [0.29, 0.717) is 12.0 Å². The first-order valence-electron chi connectivity index (χ1n) is 6.16. The number of benzene rings is 1. The molecule has 0 radical (unpaired) electrons. The molecule has 1 N–H and O–H groups in total. The van der Waals surface area contributed by atoms with Crippen molar-refractivity contribution in [3.05, 3.63) is 57.2 Å². The Balaban J connectivity index is 2.06. The quantitative estimate of drug-likeness (QED) is 0.822. The Hall–Kier alpha value is -0.830. The van der Waals surface area contributed by atoms with Crippen molar-refractivity contribution < 1.29 is 0 Å². The van der Waals surface area contributed by atoms with Gasteiger partial charge in [0, 0.05) is 17.6 Å². The third-order valence-electron chi connectivity index (χ3n) is 3.00. The summed E-state index contributed by atoms with van der Waals surface area (Å²) in [4.78, 5) is 0. The van der Waals surface area contributed by atoms with Crippen molar-refractivity contribution in [2.75, 3.05) is 0 Å². The van der Waals surface area contributed by atoms with E-state index in [0.717, 1.165) is 11.6 Å². The third-order valence-corrected chi connectivity index (χ3v) is 3.99. The van der Waals surface area contributed by atoms with Gasteiger partial charge in [-0.2, -0.15) is 11.3 Å². The number of hydrogen-bond acceptors (Lipinski definition) is 2. The van der Waals surface area contributed by atoms with Gasteiger partial charge in [-0.3, -0.25) is 0 Å². The molecule has 18 heavy (non-hydrogen) atoms. The first kappa shape index (κ1) is 13.6. The molecular weight excluding hydrogens is 262 g/mol. The number of halogens is 1. The van der Waals surface area contributed by atoms with Gasteiger partial charge in [-0.15, -0.1) is 0 Å². The number of rotatable bonds is 5. The first-order chi connectivity index (χ1) is 8.66. The lowest BCUT2D eigenvalue weighted by Gasteiger charge is -2.23. The van der Waals surface area contributed by atoms with Crippen LogP contribution >= 0.6 is 22.9 Å². The van der Waals surface area contributed by atoms with Crippen LogP contribution in [0.1, 0.15) is 31.0 Å². The van der Waals surface area contributed by atoms with Crippen molar-refractivity contribution >= 4 is 22.9 Å². The van der Waals surface area contributed by atoms with Crippen LogP contribution in [-0.2, 0) is 6.54 Å². The Morgan fingerprint density at radius 1 is 1.17 bits per heavy atom. The van der Waals surface area contributed by atoms with E-state index in [1.807, 2.05) is 12.1 Å². The summed E-state index contributed by atoms with van der Waals surface area (Å²) in [5.41, 5.74) is 2.64. The molecule has 1 unspecified atom stereocenters. The van der Waals surface area contributed by atoms with Crippen LogP contribution in [0.4, 0.5) is 0 Å². The van der Waals surface area contributed by atoms with Crippen LogP contribution in [0.5, 0.6) is 0 Å². The summed E-state index contributed by atoms with van der Waals surface area (Å²) in [5.74, 6) is 0.546. The predicted molar refractivity (Wildman–Crippen MR) is 80.2 cm³/mol. The van der Waals surface area contributed by atoms with Crippen molar-refractivity contribution in [3.8, 4) is 0 Å². The third kappa shape index (κ3) is 3.58. The standard InChI is InChI=1S/C15H18ClNS/c1-11(2)15(13-3-5-14(16)6-4-13)17-9-12-7-8-18-10-12/h3-8,10-11,15,17H,9H2,1-2H3. The lowest BCUT2D eigenvalue weighted by Crippen LogP contribution is -2.25. The van der Waals surface area contributed by atoms with Gasteiger partial charge in [0.1, 0.15) is 0 Å². The normalized spacial score (nSPS) is 12.9. The van der Waals surface area contributed by atoms with Gasteiger partial charge < -0.3 is 5.32 Å². The molecule has 0 aliphatic carbocycles. The van der Waals surface area contributed by atoms with Gasteiger partial charge >= 0.3 is 0 Å². The zero-order valence-electron chi connectivity index (χ0n) is 10.7. The zero-order chi connectivity index (χ0) is 13.0. The highest BCUT2D eigenvalue weighted by atomic mass is 35.5. The van der Waals surface area contributed by atoms with E-state index in [-0.39, 0.29) is 0 Å². The van der Waals surface area contributed by atoms with Crippen LogP contribution < -0.4 is 5.32 Å². The van der Waals surface area contributed by atoms with E-state index in [1.165, 1.54) is 11.1 Å². The zero-order valence-corrected chi connectivity index (χ0v) is 12.3. The van der Waals surface area contributed by atoms with E-state index >= 15 is 0 Å². The molecule has 0 spiro atoms. The minimum absolute atomic E-state index is 0.363. The second-order valence-electron chi connectivity index (χ2n) is 4.79. The minimum Gasteiger partial charge on any atom is -0.306 e. The van der Waals surface area contributed by atoms with Crippen LogP contribution in [0, 0.1) is 5.92 Å². The van der Waals surface area contributed by atoms with E-state index in [9.17, 15) is 0 Å². The van der Waals surface area contributed by atoms with Gasteiger partial charge in [0.05, 0.1) is 0 Å². The van der Waals surface area contributed by atoms with E-state index in [2.05, 4.69) is 48.1 Å². The topological polar surface area (TPSA) is 12.0 Å². The molecule has 1 atom stereocenters. The molecule has 0 bridgehead atoms. The molecule has 2 aromatic rings. The van der Waals surface area contributed by atoms with E-state index in [4.69, 9.17) is 11.6 Å². The molecule has 1 aromatic carbocycles. The summed E-state index contributed by atoms with van der Waals surface area (Å²) in [6, 6.07) is 10.7. The number of hydrogen-bond donors (Lipinski definition) is 1. The Morgan fingerprint density at radius 3 is 2.44 bits per heavy atom. The average Bonchev–Trinajstić information content (AvgIpc) is 2.84. The van der Waals surface area contributed by atoms with Crippen LogP contribution in [0.15, 0.2) is 41.1 Å². The highest BCUT2D eigenvalue weighted by Gasteiger charge is 2.14. The largest absolute Gasteiger partial charge is 0.306 e. The molecule has 2 rings (SSSR count). The smallest absolute Gasteiger partial charge is 0.0406 e. The summed E-state index contributed by atoms with van der Waals surface area (Å²) in [6.07, 6.45) is 0. The molecule has 1 heterocycles. The highest BCUT2D eigenvalue weighted by Crippen LogP contribution is 2.23. The molecule has 0 aliphatic heterocycles. The summed E-state index contributed by atoms with van der Waals surface area (Å²) in [5, 5.41) is 8.71. The monoisotopic (exact) mass is 279 g/mol. The fourth-order valence-electron chi connectivity index (χ4n) is 2.03. The minimum atomic E-state index is 0.363. The van der Waals surface area contributed by atoms with Gasteiger partial charge in [0.25, 0.3) is 0 Å². The fraction of sp³-hybridized carbons (Fsp3) is 0.333. The molecule has 0 saturated carbocycles. The summed E-state index contributed by atoms with van der Waals surface area (Å²) < 4.78 is 0. The maximum atomic E-state index is 5.94. The molecule has 0 aliphatic rings. The number of nitrogens with one attached hydrogen (secondary N) is 1. The Morgan fingerprint density at radius 2 is 1.89 bits per heavy atom. The second kappa shape index (κ2) is 6.37. The maximum absolute atomic E-state index is 5.94. The Kier molecular flexibility index (Phi) is 4.81. The van der Waals surface area contributed by atoms with E-state index < -0.39 is 0 Å². The van der Waals surface area contributed by atoms with Crippen LogP contribution in [0.25, 0.3) is 0 Å². The SMILES string of the molecule is CC(C)C(NCc1ccsc1)c1ccc(Cl)cc1. The average molecular weight is 280 g/mol. The van der Waals surface area contributed by atoms with Gasteiger partial charge in [0.15, 0.2) is 0 Å². The summed E-state index contributed by atoms with van der Waals surface area (Å²) in [7, 11) is 0. The summed E-state index contributed by atoms with van der Waals surface area (Å²) >= 11 is 7.68. The van der Waals surface area contributed by atoms with E-state index in [1.54, 1.807) is 11.3 Å². The maximum Gasteiger partial charge on any atom is 0.0406 e. The van der Waals surface area contributed by atoms with Gasteiger partial charge in [-0.1, -0.05) is 37.6 Å². The lowest BCUT2D eigenvalue weighted by molar-refractivity contribution is 0.411. The molecule has 0 amide bonds. The Labute approximate surface area is 118 Å². The molecular formula is C15H18ClNS. The number of thiophene rings is 1.